The molecule has 550 valence electrons. The molecule has 0 aliphatic carbocycles. The van der Waals surface area contributed by atoms with Crippen molar-refractivity contribution in [2.45, 2.75) is 159 Å². The summed E-state index contributed by atoms with van der Waals surface area (Å²) in [7, 11) is 0. The molecule has 4 aromatic carbocycles. The lowest BCUT2D eigenvalue weighted by Gasteiger charge is -2.31. The van der Waals surface area contributed by atoms with E-state index < -0.39 is 132 Å². The van der Waals surface area contributed by atoms with Gasteiger partial charge in [-0.1, -0.05) is 91.6 Å². The molecule has 0 bridgehead atoms. The number of fused-ring (bicyclic) bond motifs is 1. The second-order valence-electron chi connectivity index (χ2n) is 25.2. The second kappa shape index (κ2) is 39.5. The van der Waals surface area contributed by atoms with Gasteiger partial charge in [0, 0.05) is 79.4 Å². The number of para-hydroxylation sites is 1. The second-order valence-corrected chi connectivity index (χ2v) is 26.1. The summed E-state index contributed by atoms with van der Waals surface area (Å²) in [5.41, 5.74) is 25.1. The summed E-state index contributed by atoms with van der Waals surface area (Å²) in [5.74, 6) is -10.7. The van der Waals surface area contributed by atoms with E-state index in [4.69, 9.17) is 46.1 Å². The van der Waals surface area contributed by atoms with Crippen molar-refractivity contribution < 1.29 is 68.1 Å². The topological polar surface area (TPSA) is 505 Å². The monoisotopic (exact) mass is 1450 g/mol. The Labute approximate surface area is 599 Å². The molecule has 0 spiro atoms. The van der Waals surface area contributed by atoms with Gasteiger partial charge in [0.2, 0.25) is 59.1 Å². The number of amides is 10. The number of aromatic nitrogens is 1. The largest absolute Gasteiger partial charge is 0.508 e. The first-order chi connectivity index (χ1) is 48.5. The highest BCUT2D eigenvalue weighted by Gasteiger charge is 2.40. The zero-order valence-corrected chi connectivity index (χ0v) is 58.5. The average molecular weight is 1450 g/mol. The minimum atomic E-state index is -1.85. The summed E-state index contributed by atoms with van der Waals surface area (Å²) in [6.07, 6.45) is 1.44. The molecule has 21 N–H and O–H groups in total. The molecule has 6 rings (SSSR count). The number of phenolic OH excluding ortho intramolecular Hbond substituents is 1. The van der Waals surface area contributed by atoms with E-state index in [1.807, 2.05) is 0 Å². The molecule has 1 fully saturated rings. The number of aliphatic hydroxyl groups is 1. The summed E-state index contributed by atoms with van der Waals surface area (Å²) in [5, 5.41) is 55.9. The number of guanidine groups is 2. The summed E-state index contributed by atoms with van der Waals surface area (Å²) in [6.45, 7) is 5.05. The normalized spacial score (nSPS) is 15.3. The Morgan fingerprint density at radius 3 is 1.46 bits per heavy atom. The van der Waals surface area contributed by atoms with Crippen molar-refractivity contribution in [3.05, 3.63) is 136 Å². The highest BCUT2D eigenvalue weighted by atomic mass is 35.5. The average Bonchev–Trinajstić information content (AvgIpc) is 1.67. The molecule has 2 heterocycles. The fraction of sp³-hybridized carbons (Fsp3) is 0.435. The standard InChI is InChI=1S/C69H91Cl2N17O14/c1-37(2)30-51(59(93)82-50(13-8-28-77-69(74)75)66(100)88-29-9-14-57(88)65(99)79-38(3)67(101)102)83-58(92)49(12-7-27-76-68(72)73)81-61(95)53(33-42-19-25-46(91)26-20-42)85-64(98)56(36-89)87-63(97)55(34-43-35-78-48-11-6-5-10-47(43)48)86-62(96)54(32-41-17-23-45(71)24-18-41)84-60(94)52(80-39(4)90)31-40-15-21-44(70)22-16-40/h5-6,10-11,15-26,35,37-38,49-57,78,89,91H,7-9,12-14,27-34,36H2,1-4H3,(H,79,99)(H,80,90)(H,81,95)(H,82,93)(H,83,92)(H,84,94)(H,85,98)(H,86,96)(H,87,97)(H,101,102)(H4,72,73,76)(H4,74,75,77)/t38-,49-,50+,51+,52-,53+,54-,55-,56+,57+/m1/s1. The van der Waals surface area contributed by atoms with Gasteiger partial charge in [-0.25, -0.2) is 0 Å². The number of aromatic hydroxyl groups is 1. The molecule has 0 unspecified atom stereocenters. The molecule has 102 heavy (non-hydrogen) atoms. The number of rotatable bonds is 38. The first kappa shape index (κ1) is 80.4. The lowest BCUT2D eigenvalue weighted by Crippen LogP contribution is -2.61. The van der Waals surface area contributed by atoms with Gasteiger partial charge in [-0.3, -0.25) is 62.7 Å². The number of nitrogens with zero attached hydrogens (tertiary/aromatic N) is 3. The highest BCUT2D eigenvalue weighted by molar-refractivity contribution is 6.30. The Kier molecular flexibility index (Phi) is 31.1. The van der Waals surface area contributed by atoms with Crippen LogP contribution in [0.5, 0.6) is 5.75 Å². The van der Waals surface area contributed by atoms with Crippen LogP contribution in [0.4, 0.5) is 0 Å². The third-order valence-electron chi connectivity index (χ3n) is 16.6. The number of benzene rings is 4. The van der Waals surface area contributed by atoms with E-state index in [0.717, 1.165) is 0 Å². The van der Waals surface area contributed by atoms with Crippen molar-refractivity contribution in [1.29, 1.82) is 0 Å². The number of carbonyl (C=O) groups is 11. The van der Waals surface area contributed by atoms with Crippen LogP contribution >= 0.6 is 23.2 Å². The van der Waals surface area contributed by atoms with E-state index in [2.05, 4.69) is 62.8 Å². The molecule has 1 saturated heterocycles. The predicted molar refractivity (Wildman–Crippen MR) is 382 cm³/mol. The van der Waals surface area contributed by atoms with Crippen LogP contribution < -0.4 is 70.8 Å². The molecule has 1 aliphatic rings. The number of aliphatic carboxylic acids is 1. The van der Waals surface area contributed by atoms with Gasteiger partial charge in [0.05, 0.1) is 6.61 Å². The van der Waals surface area contributed by atoms with Crippen molar-refractivity contribution in [1.82, 2.24) is 57.7 Å². The van der Waals surface area contributed by atoms with Crippen LogP contribution in [0.1, 0.15) is 94.9 Å². The van der Waals surface area contributed by atoms with Crippen LogP contribution in [-0.2, 0) is 78.4 Å². The van der Waals surface area contributed by atoms with E-state index >= 15 is 0 Å². The van der Waals surface area contributed by atoms with E-state index in [0.29, 0.717) is 49.6 Å². The molecule has 1 aliphatic heterocycles. The molecule has 1 aromatic heterocycles. The number of carboxylic acid groups (broad SMARTS) is 1. The quantitative estimate of drug-likeness (QED) is 0.0141. The van der Waals surface area contributed by atoms with Crippen LogP contribution in [0, 0.1) is 5.92 Å². The molecular formula is C69H91Cl2N17O14. The van der Waals surface area contributed by atoms with Gasteiger partial charge in [0.1, 0.15) is 66.2 Å². The zero-order chi connectivity index (χ0) is 74.7. The molecular weight excluding hydrogens is 1360 g/mol. The summed E-state index contributed by atoms with van der Waals surface area (Å²) >= 11 is 12.4. The SMILES string of the molecule is CC(=O)N[C@H](Cc1ccc(Cl)cc1)C(=O)N[C@H](Cc1ccc(Cl)cc1)C(=O)N[C@H](Cc1c[nH]c2ccccc12)C(=O)N[C@@H](CO)C(=O)N[C@@H](Cc1ccc(O)cc1)C(=O)N[C@H](CCCN=C(N)N)C(=O)N[C@@H](CC(C)C)C(=O)N[C@@H](CCCN=C(N)N)C(=O)N1CCC[C@H]1C(=O)N[C@H](C)C(=O)O. The smallest absolute Gasteiger partial charge is 0.325 e. The predicted octanol–water partition coefficient (Wildman–Crippen LogP) is 0.0751. The molecule has 10 amide bonds. The fourth-order valence-electron chi connectivity index (χ4n) is 11.4. The number of aliphatic imine (C=N–C) groups is 2. The summed E-state index contributed by atoms with van der Waals surface area (Å²) in [6, 6.07) is 11.4. The fourth-order valence-corrected chi connectivity index (χ4v) is 11.6. The molecule has 31 nitrogen and oxygen atoms in total. The lowest BCUT2D eigenvalue weighted by molar-refractivity contribution is -0.144. The van der Waals surface area contributed by atoms with E-state index in [1.165, 1.54) is 43.0 Å². The van der Waals surface area contributed by atoms with Gasteiger partial charge in [0.15, 0.2) is 11.9 Å². The number of aliphatic hydroxyl groups excluding tert-OH is 1. The lowest BCUT2D eigenvalue weighted by atomic mass is 10.00. The Hall–Kier alpha value is -10.5. The first-order valence-corrected chi connectivity index (χ1v) is 34.0. The Morgan fingerprint density at radius 2 is 0.971 bits per heavy atom. The van der Waals surface area contributed by atoms with E-state index in [-0.39, 0.29) is 107 Å². The van der Waals surface area contributed by atoms with Crippen LogP contribution in [0.25, 0.3) is 10.9 Å². The maximum absolute atomic E-state index is 14.9. The van der Waals surface area contributed by atoms with E-state index in [1.54, 1.807) is 92.8 Å². The van der Waals surface area contributed by atoms with Crippen LogP contribution in [0.2, 0.25) is 10.0 Å². The van der Waals surface area contributed by atoms with Crippen LogP contribution in [-0.4, -0.2) is 189 Å². The third-order valence-corrected chi connectivity index (χ3v) is 17.1. The maximum atomic E-state index is 14.9. The number of aromatic amines is 1. The van der Waals surface area contributed by atoms with Crippen LogP contribution in [0.15, 0.2) is 113 Å². The Morgan fingerprint density at radius 1 is 0.549 bits per heavy atom. The van der Waals surface area contributed by atoms with Gasteiger partial charge >= 0.3 is 5.97 Å². The minimum Gasteiger partial charge on any atom is -0.508 e. The van der Waals surface area contributed by atoms with Gasteiger partial charge in [-0.15, -0.1) is 0 Å². The number of hydrogen-bond donors (Lipinski definition) is 17. The Balaban J connectivity index is 1.28. The van der Waals surface area contributed by atoms with E-state index in [9.17, 15) is 68.1 Å². The zero-order valence-electron chi connectivity index (χ0n) is 57.0. The van der Waals surface area contributed by atoms with Crippen molar-refractivity contribution in [3.63, 3.8) is 0 Å². The molecule has 0 saturated carbocycles. The number of phenols is 1. The van der Waals surface area contributed by atoms with Crippen molar-refractivity contribution >= 4 is 111 Å². The number of carbonyl (C=O) groups excluding carboxylic acids is 10. The molecule has 33 heteroatoms. The van der Waals surface area contributed by atoms with Gasteiger partial charge in [-0.2, -0.15) is 0 Å². The van der Waals surface area contributed by atoms with Gasteiger partial charge < -0.3 is 96.0 Å². The number of halogens is 2. The van der Waals surface area contributed by atoms with Crippen LogP contribution in [0.3, 0.4) is 0 Å². The highest BCUT2D eigenvalue weighted by Crippen LogP contribution is 2.23. The van der Waals surface area contributed by atoms with Crippen molar-refractivity contribution in [2.24, 2.45) is 38.8 Å². The number of likely N-dealkylation sites (tertiary alicyclic amines) is 1. The van der Waals surface area contributed by atoms with Crippen molar-refractivity contribution in [3.8, 4) is 5.75 Å². The summed E-state index contributed by atoms with van der Waals surface area (Å²) < 4.78 is 0. The molecule has 5 aromatic rings. The maximum Gasteiger partial charge on any atom is 0.325 e. The third kappa shape index (κ3) is 25.6. The molecule has 10 atom stereocenters. The number of hydrogen-bond acceptors (Lipinski definition) is 15. The van der Waals surface area contributed by atoms with Gasteiger partial charge in [0.25, 0.3) is 0 Å². The number of H-pyrrole nitrogens is 1. The first-order valence-electron chi connectivity index (χ1n) is 33.3. The molecule has 0 radical (unpaired) electrons. The minimum absolute atomic E-state index is 0.00816. The van der Waals surface area contributed by atoms with Gasteiger partial charge in [-0.05, 0) is 123 Å². The summed E-state index contributed by atoms with van der Waals surface area (Å²) in [4.78, 5) is 167. The Bertz CT molecular complexity index is 3790. The number of carboxylic acids is 1. The number of nitrogens with one attached hydrogen (secondary N) is 10. The van der Waals surface area contributed by atoms with Crippen molar-refractivity contribution in [2.75, 3.05) is 26.2 Å². The number of nitrogens with two attached hydrogens (primary N) is 4.